The highest BCUT2D eigenvalue weighted by Crippen LogP contribution is 2.18. The molecule has 1 rings (SSSR count). The lowest BCUT2D eigenvalue weighted by atomic mass is 10.3. The fourth-order valence-corrected chi connectivity index (χ4v) is 4.60. The Morgan fingerprint density at radius 2 is 2.21 bits per heavy atom. The van der Waals surface area contributed by atoms with Gasteiger partial charge in [0, 0.05) is 0 Å². The van der Waals surface area contributed by atoms with Crippen molar-refractivity contribution in [2.24, 2.45) is 5.92 Å². The van der Waals surface area contributed by atoms with Crippen LogP contribution in [0.1, 0.15) is 19.7 Å². The van der Waals surface area contributed by atoms with Gasteiger partial charge >= 0.3 is 0 Å². The van der Waals surface area contributed by atoms with Crippen molar-refractivity contribution in [3.63, 3.8) is 0 Å². The molecule has 0 saturated heterocycles. The van der Waals surface area contributed by atoms with Crippen LogP contribution in [0.15, 0.2) is 5.51 Å². The largest absolute Gasteiger partial charge is 0.410 e. The standard InChI is InChI=1S/C9H18N2OSSi/c1-8(2)6-14(3,4)12-5-9-10-7-13-11-9/h7-8H,5-6H2,1-4H3. The van der Waals surface area contributed by atoms with Gasteiger partial charge in [0.2, 0.25) is 0 Å². The minimum atomic E-state index is -1.50. The highest BCUT2D eigenvalue weighted by molar-refractivity contribution is 7.03. The SMILES string of the molecule is CC(C)C[Si](C)(C)OCc1ncsn1. The Kier molecular flexibility index (Phi) is 4.22. The second-order valence-corrected chi connectivity index (χ2v) is 9.31. The summed E-state index contributed by atoms with van der Waals surface area (Å²) in [5.74, 6) is 1.53. The van der Waals surface area contributed by atoms with E-state index in [4.69, 9.17) is 4.43 Å². The van der Waals surface area contributed by atoms with E-state index >= 15 is 0 Å². The monoisotopic (exact) mass is 230 g/mol. The van der Waals surface area contributed by atoms with Crippen LogP contribution in [0.5, 0.6) is 0 Å². The molecular formula is C9H18N2OSSi. The molecule has 0 spiro atoms. The van der Waals surface area contributed by atoms with E-state index in [1.54, 1.807) is 5.51 Å². The van der Waals surface area contributed by atoms with Crippen LogP contribution in [-0.2, 0) is 11.0 Å². The maximum absolute atomic E-state index is 5.91. The summed E-state index contributed by atoms with van der Waals surface area (Å²) < 4.78 is 10.0. The third-order valence-corrected chi connectivity index (χ3v) is 5.14. The van der Waals surface area contributed by atoms with E-state index in [9.17, 15) is 0 Å². The molecule has 1 heterocycles. The van der Waals surface area contributed by atoms with Crippen LogP contribution < -0.4 is 0 Å². The maximum Gasteiger partial charge on any atom is 0.187 e. The number of rotatable bonds is 5. The van der Waals surface area contributed by atoms with E-state index in [1.807, 2.05) is 0 Å². The van der Waals surface area contributed by atoms with E-state index in [0.29, 0.717) is 12.5 Å². The molecule has 0 atom stereocenters. The fraction of sp³-hybridized carbons (Fsp3) is 0.778. The lowest BCUT2D eigenvalue weighted by Gasteiger charge is -2.23. The number of nitrogens with zero attached hydrogens (tertiary/aromatic N) is 2. The van der Waals surface area contributed by atoms with Gasteiger partial charge in [-0.3, -0.25) is 0 Å². The molecule has 0 bridgehead atoms. The molecule has 1 aromatic heterocycles. The van der Waals surface area contributed by atoms with Gasteiger partial charge in [0.1, 0.15) is 5.51 Å². The van der Waals surface area contributed by atoms with Crippen LogP contribution in [0.4, 0.5) is 0 Å². The summed E-state index contributed by atoms with van der Waals surface area (Å²) in [6, 6.07) is 1.19. The third-order valence-electron chi connectivity index (χ3n) is 1.90. The number of hydrogen-bond donors (Lipinski definition) is 0. The lowest BCUT2D eigenvalue weighted by Crippen LogP contribution is -2.31. The van der Waals surface area contributed by atoms with Crippen molar-refractivity contribution in [1.82, 2.24) is 9.36 Å². The van der Waals surface area contributed by atoms with Crippen molar-refractivity contribution < 1.29 is 4.43 Å². The van der Waals surface area contributed by atoms with Gasteiger partial charge in [-0.05, 0) is 36.6 Å². The zero-order chi connectivity index (χ0) is 10.6. The van der Waals surface area contributed by atoms with Crippen LogP contribution in [0.3, 0.4) is 0 Å². The summed E-state index contributed by atoms with van der Waals surface area (Å²) in [5.41, 5.74) is 1.75. The smallest absolute Gasteiger partial charge is 0.187 e. The highest BCUT2D eigenvalue weighted by Gasteiger charge is 2.24. The van der Waals surface area contributed by atoms with Crippen molar-refractivity contribution >= 4 is 19.8 Å². The highest BCUT2D eigenvalue weighted by atomic mass is 32.1. The van der Waals surface area contributed by atoms with Crippen LogP contribution in [0.2, 0.25) is 19.1 Å². The van der Waals surface area contributed by atoms with Crippen LogP contribution in [0, 0.1) is 5.92 Å². The van der Waals surface area contributed by atoms with E-state index in [0.717, 1.165) is 5.82 Å². The van der Waals surface area contributed by atoms with Gasteiger partial charge in [-0.1, -0.05) is 13.8 Å². The summed E-state index contributed by atoms with van der Waals surface area (Å²) in [6.45, 7) is 9.55. The van der Waals surface area contributed by atoms with Gasteiger partial charge in [0.05, 0.1) is 6.61 Å². The molecular weight excluding hydrogens is 212 g/mol. The second kappa shape index (κ2) is 5.00. The molecule has 0 fully saturated rings. The van der Waals surface area contributed by atoms with Gasteiger partial charge in [-0.25, -0.2) is 4.98 Å². The first-order chi connectivity index (χ1) is 6.49. The molecule has 0 radical (unpaired) electrons. The predicted molar refractivity (Wildman–Crippen MR) is 61.8 cm³/mol. The Bertz CT molecular complexity index is 262. The zero-order valence-electron chi connectivity index (χ0n) is 9.28. The summed E-state index contributed by atoms with van der Waals surface area (Å²) >= 11 is 1.38. The lowest BCUT2D eigenvalue weighted by molar-refractivity contribution is 0.282. The Morgan fingerprint density at radius 1 is 1.50 bits per heavy atom. The molecule has 0 saturated carbocycles. The molecule has 0 aliphatic heterocycles. The molecule has 0 N–H and O–H groups in total. The summed E-state index contributed by atoms with van der Waals surface area (Å²) in [4.78, 5) is 4.10. The van der Waals surface area contributed by atoms with Gasteiger partial charge in [-0.2, -0.15) is 4.37 Å². The van der Waals surface area contributed by atoms with E-state index in [-0.39, 0.29) is 0 Å². The predicted octanol–water partition coefficient (Wildman–Crippen LogP) is 2.92. The fourth-order valence-electron chi connectivity index (χ4n) is 1.56. The number of aromatic nitrogens is 2. The Morgan fingerprint density at radius 3 is 2.71 bits per heavy atom. The molecule has 3 nitrogen and oxygen atoms in total. The van der Waals surface area contributed by atoms with Crippen LogP contribution >= 0.6 is 11.5 Å². The van der Waals surface area contributed by atoms with Crippen LogP contribution in [-0.4, -0.2) is 17.7 Å². The normalized spacial score (nSPS) is 12.4. The maximum atomic E-state index is 5.91. The molecule has 0 aliphatic carbocycles. The Balaban J connectivity index is 2.36. The van der Waals surface area contributed by atoms with E-state index < -0.39 is 8.32 Å². The molecule has 5 heteroatoms. The van der Waals surface area contributed by atoms with Crippen molar-refractivity contribution in [2.75, 3.05) is 0 Å². The molecule has 0 amide bonds. The van der Waals surface area contributed by atoms with E-state index in [2.05, 4.69) is 36.3 Å². The molecule has 14 heavy (non-hydrogen) atoms. The zero-order valence-corrected chi connectivity index (χ0v) is 11.1. The van der Waals surface area contributed by atoms with Crippen molar-refractivity contribution in [2.45, 2.75) is 39.6 Å². The number of hydrogen-bond acceptors (Lipinski definition) is 4. The van der Waals surface area contributed by atoms with Crippen LogP contribution in [0.25, 0.3) is 0 Å². The Labute approximate surface area is 90.8 Å². The molecule has 80 valence electrons. The third kappa shape index (κ3) is 4.30. The van der Waals surface area contributed by atoms with Gasteiger partial charge in [-0.15, -0.1) is 0 Å². The van der Waals surface area contributed by atoms with Crippen molar-refractivity contribution in [1.29, 1.82) is 0 Å². The molecule has 0 aliphatic rings. The Hall–Kier alpha value is -0.263. The molecule has 0 unspecified atom stereocenters. The van der Waals surface area contributed by atoms with Crippen molar-refractivity contribution in [3.8, 4) is 0 Å². The first-order valence-corrected chi connectivity index (χ1v) is 8.84. The minimum Gasteiger partial charge on any atom is -0.410 e. The average molecular weight is 230 g/mol. The quantitative estimate of drug-likeness (QED) is 0.730. The molecule has 1 aromatic rings. The second-order valence-electron chi connectivity index (χ2n) is 4.49. The summed E-state index contributed by atoms with van der Waals surface area (Å²) in [7, 11) is -1.50. The topological polar surface area (TPSA) is 35.0 Å². The summed E-state index contributed by atoms with van der Waals surface area (Å²) in [6.07, 6.45) is 0. The van der Waals surface area contributed by atoms with E-state index in [1.165, 1.54) is 17.6 Å². The minimum absolute atomic E-state index is 0.579. The van der Waals surface area contributed by atoms with Gasteiger partial charge in [0.25, 0.3) is 0 Å². The first-order valence-electron chi connectivity index (χ1n) is 4.89. The first kappa shape index (κ1) is 11.8. The van der Waals surface area contributed by atoms with Crippen molar-refractivity contribution in [3.05, 3.63) is 11.3 Å². The average Bonchev–Trinajstić information content (AvgIpc) is 2.50. The summed E-state index contributed by atoms with van der Waals surface area (Å²) in [5, 5.41) is 0. The van der Waals surface area contributed by atoms with Gasteiger partial charge in [0.15, 0.2) is 14.1 Å². The van der Waals surface area contributed by atoms with Gasteiger partial charge < -0.3 is 4.43 Å². The molecule has 0 aromatic carbocycles.